The molecule has 1 unspecified atom stereocenters. The van der Waals surface area contributed by atoms with Gasteiger partial charge in [0.15, 0.2) is 0 Å². The lowest BCUT2D eigenvalue weighted by Crippen LogP contribution is -2.31. The first-order chi connectivity index (χ1) is 9.95. The summed E-state index contributed by atoms with van der Waals surface area (Å²) in [6, 6.07) is 3.54. The molecule has 0 aliphatic carbocycles. The van der Waals surface area contributed by atoms with E-state index in [1.807, 2.05) is 19.0 Å². The number of pyridine rings is 1. The molecule has 0 aliphatic rings. The fourth-order valence-corrected chi connectivity index (χ4v) is 2.42. The van der Waals surface area contributed by atoms with Crippen molar-refractivity contribution in [2.75, 3.05) is 32.1 Å². The number of amides is 1. The third-order valence-corrected chi connectivity index (χ3v) is 3.35. The quantitative estimate of drug-likeness (QED) is 0.768. The van der Waals surface area contributed by atoms with Gasteiger partial charge in [-0.2, -0.15) is 0 Å². The van der Waals surface area contributed by atoms with E-state index in [4.69, 9.17) is 5.11 Å². The maximum Gasteiger partial charge on any atom is 0.255 e. The highest BCUT2D eigenvalue weighted by molar-refractivity contribution is 5.98. The van der Waals surface area contributed by atoms with Gasteiger partial charge in [-0.05, 0) is 36.8 Å². The van der Waals surface area contributed by atoms with Gasteiger partial charge >= 0.3 is 0 Å². The van der Waals surface area contributed by atoms with Crippen molar-refractivity contribution in [3.8, 4) is 0 Å². The van der Waals surface area contributed by atoms with Crippen molar-refractivity contribution in [3.63, 3.8) is 0 Å². The van der Waals surface area contributed by atoms with Gasteiger partial charge in [0.2, 0.25) is 0 Å². The molecule has 0 bridgehead atoms. The van der Waals surface area contributed by atoms with E-state index in [2.05, 4.69) is 24.1 Å². The van der Waals surface area contributed by atoms with Crippen LogP contribution in [-0.2, 0) is 0 Å². The Bertz CT molecular complexity index is 447. The highest BCUT2D eigenvalue weighted by atomic mass is 16.3. The predicted molar refractivity (Wildman–Crippen MR) is 85.5 cm³/mol. The first-order valence-corrected chi connectivity index (χ1v) is 7.47. The second-order valence-corrected chi connectivity index (χ2v) is 5.99. The van der Waals surface area contributed by atoms with E-state index in [1.165, 1.54) is 0 Å². The lowest BCUT2D eigenvalue weighted by molar-refractivity contribution is 0.0941. The minimum absolute atomic E-state index is 0.113. The minimum atomic E-state index is -0.113. The van der Waals surface area contributed by atoms with Crippen LogP contribution in [0.1, 0.15) is 37.0 Å². The average Bonchev–Trinajstić information content (AvgIpc) is 2.44. The van der Waals surface area contributed by atoms with Crippen molar-refractivity contribution in [1.82, 2.24) is 10.3 Å². The number of aliphatic hydroxyl groups is 1. The number of hydrogen-bond donors (Lipinski definition) is 2. The number of carbonyl (C=O) groups excluding carboxylic acids is 1. The fourth-order valence-electron chi connectivity index (χ4n) is 2.42. The SMILES string of the molecule is CC(C)CC(CCO)CNC(=O)c1cccnc1N(C)C. The molecule has 0 radical (unpaired) electrons. The zero-order valence-electron chi connectivity index (χ0n) is 13.5. The molecule has 1 heterocycles. The second-order valence-electron chi connectivity index (χ2n) is 5.99. The van der Waals surface area contributed by atoms with E-state index < -0.39 is 0 Å². The van der Waals surface area contributed by atoms with Gasteiger partial charge in [0.25, 0.3) is 5.91 Å². The Labute approximate surface area is 127 Å². The number of carbonyl (C=O) groups is 1. The monoisotopic (exact) mass is 293 g/mol. The number of nitrogens with one attached hydrogen (secondary N) is 1. The Morgan fingerprint density at radius 3 is 2.71 bits per heavy atom. The van der Waals surface area contributed by atoms with Gasteiger partial charge < -0.3 is 15.3 Å². The molecule has 0 saturated carbocycles. The van der Waals surface area contributed by atoms with Crippen molar-refractivity contribution in [1.29, 1.82) is 0 Å². The van der Waals surface area contributed by atoms with Crippen molar-refractivity contribution >= 4 is 11.7 Å². The molecule has 1 atom stereocenters. The summed E-state index contributed by atoms with van der Waals surface area (Å²) in [7, 11) is 3.74. The summed E-state index contributed by atoms with van der Waals surface area (Å²) >= 11 is 0. The van der Waals surface area contributed by atoms with E-state index in [-0.39, 0.29) is 12.5 Å². The lowest BCUT2D eigenvalue weighted by Gasteiger charge is -2.20. The maximum absolute atomic E-state index is 12.3. The van der Waals surface area contributed by atoms with Gasteiger partial charge in [0.05, 0.1) is 5.56 Å². The van der Waals surface area contributed by atoms with Gasteiger partial charge in [-0.25, -0.2) is 4.98 Å². The molecule has 0 aromatic carbocycles. The summed E-state index contributed by atoms with van der Waals surface area (Å²) in [5.41, 5.74) is 0.579. The van der Waals surface area contributed by atoms with Crippen LogP contribution in [0.2, 0.25) is 0 Å². The topological polar surface area (TPSA) is 65.5 Å². The van der Waals surface area contributed by atoms with Crippen LogP contribution < -0.4 is 10.2 Å². The molecular weight excluding hydrogens is 266 g/mol. The molecule has 118 valence electrons. The summed E-state index contributed by atoms with van der Waals surface area (Å²) in [5, 5.41) is 12.1. The molecular formula is C16H27N3O2. The summed E-state index contributed by atoms with van der Waals surface area (Å²) in [6.45, 7) is 5.04. The number of anilines is 1. The van der Waals surface area contributed by atoms with E-state index >= 15 is 0 Å². The van der Waals surface area contributed by atoms with Gasteiger partial charge in [-0.3, -0.25) is 4.79 Å². The van der Waals surface area contributed by atoms with Crippen LogP contribution in [-0.4, -0.2) is 43.2 Å². The summed E-state index contributed by atoms with van der Waals surface area (Å²) in [5.74, 6) is 1.41. The van der Waals surface area contributed by atoms with Crippen LogP contribution in [0.15, 0.2) is 18.3 Å². The number of nitrogens with zero attached hydrogens (tertiary/aromatic N) is 2. The summed E-state index contributed by atoms with van der Waals surface area (Å²) in [6.07, 6.45) is 3.39. The van der Waals surface area contributed by atoms with Crippen LogP contribution in [0.25, 0.3) is 0 Å². The van der Waals surface area contributed by atoms with E-state index in [9.17, 15) is 4.79 Å². The first kappa shape index (κ1) is 17.4. The molecule has 5 heteroatoms. The minimum Gasteiger partial charge on any atom is -0.396 e. The Morgan fingerprint density at radius 2 is 2.14 bits per heavy atom. The molecule has 0 fully saturated rings. The molecule has 0 saturated heterocycles. The van der Waals surface area contributed by atoms with Crippen molar-refractivity contribution < 1.29 is 9.90 Å². The molecule has 1 amide bonds. The maximum atomic E-state index is 12.3. The van der Waals surface area contributed by atoms with Crippen LogP contribution in [0.5, 0.6) is 0 Å². The zero-order chi connectivity index (χ0) is 15.8. The van der Waals surface area contributed by atoms with Gasteiger partial charge in [0, 0.05) is 33.4 Å². The number of hydrogen-bond acceptors (Lipinski definition) is 4. The average molecular weight is 293 g/mol. The van der Waals surface area contributed by atoms with Crippen molar-refractivity contribution in [2.45, 2.75) is 26.7 Å². The van der Waals surface area contributed by atoms with E-state index in [1.54, 1.807) is 18.3 Å². The second kappa shape index (κ2) is 8.62. The first-order valence-electron chi connectivity index (χ1n) is 7.47. The molecule has 0 spiro atoms. The summed E-state index contributed by atoms with van der Waals surface area (Å²) < 4.78 is 0. The number of aromatic nitrogens is 1. The zero-order valence-corrected chi connectivity index (χ0v) is 13.5. The van der Waals surface area contributed by atoms with Gasteiger partial charge in [0.1, 0.15) is 5.82 Å². The molecule has 1 rings (SSSR count). The van der Waals surface area contributed by atoms with Crippen LogP contribution in [0.3, 0.4) is 0 Å². The van der Waals surface area contributed by atoms with Crippen LogP contribution in [0, 0.1) is 11.8 Å². The van der Waals surface area contributed by atoms with E-state index in [0.29, 0.717) is 36.2 Å². The Hall–Kier alpha value is -1.62. The van der Waals surface area contributed by atoms with Gasteiger partial charge in [-0.15, -0.1) is 0 Å². The standard InChI is InChI=1S/C16H27N3O2/c1-12(2)10-13(7-9-20)11-18-16(21)14-6-5-8-17-15(14)19(3)4/h5-6,8,12-13,20H,7,9-11H2,1-4H3,(H,18,21). The molecule has 1 aromatic heterocycles. The van der Waals surface area contributed by atoms with Crippen LogP contribution in [0.4, 0.5) is 5.82 Å². The fraction of sp³-hybridized carbons (Fsp3) is 0.625. The van der Waals surface area contributed by atoms with Crippen LogP contribution >= 0.6 is 0 Å². The smallest absolute Gasteiger partial charge is 0.255 e. The lowest BCUT2D eigenvalue weighted by atomic mass is 9.94. The van der Waals surface area contributed by atoms with Gasteiger partial charge in [-0.1, -0.05) is 13.8 Å². The Kier molecular flexibility index (Phi) is 7.15. The largest absolute Gasteiger partial charge is 0.396 e. The van der Waals surface area contributed by atoms with E-state index in [0.717, 1.165) is 6.42 Å². The Balaban J connectivity index is 2.68. The van der Waals surface area contributed by atoms with Crippen molar-refractivity contribution in [3.05, 3.63) is 23.9 Å². The van der Waals surface area contributed by atoms with Crippen molar-refractivity contribution in [2.24, 2.45) is 11.8 Å². The molecule has 21 heavy (non-hydrogen) atoms. The highest BCUT2D eigenvalue weighted by Crippen LogP contribution is 2.16. The number of rotatable bonds is 8. The third kappa shape index (κ3) is 5.71. The predicted octanol–water partition coefficient (Wildman–Crippen LogP) is 1.92. The molecule has 5 nitrogen and oxygen atoms in total. The molecule has 2 N–H and O–H groups in total. The number of aliphatic hydroxyl groups excluding tert-OH is 1. The molecule has 1 aromatic rings. The summed E-state index contributed by atoms with van der Waals surface area (Å²) in [4.78, 5) is 18.4. The Morgan fingerprint density at radius 1 is 1.43 bits per heavy atom. The third-order valence-electron chi connectivity index (χ3n) is 3.35. The highest BCUT2D eigenvalue weighted by Gasteiger charge is 2.16. The molecule has 0 aliphatic heterocycles. The normalized spacial score (nSPS) is 12.3.